The van der Waals surface area contributed by atoms with Crippen LogP contribution in [0.3, 0.4) is 0 Å². The van der Waals surface area contributed by atoms with E-state index < -0.39 is 29.7 Å². The molecule has 4 amide bonds. The molecule has 35 heavy (non-hydrogen) atoms. The van der Waals surface area contributed by atoms with Gasteiger partial charge in [-0.3, -0.25) is 9.59 Å². The Kier molecular flexibility index (Phi) is 7.10. The van der Waals surface area contributed by atoms with Gasteiger partial charge in [-0.05, 0) is 73.5 Å². The van der Waals surface area contributed by atoms with Gasteiger partial charge in [0.05, 0.1) is 18.7 Å². The van der Waals surface area contributed by atoms with E-state index in [1.54, 1.807) is 54.6 Å². The van der Waals surface area contributed by atoms with Gasteiger partial charge in [0.2, 0.25) is 5.91 Å². The summed E-state index contributed by atoms with van der Waals surface area (Å²) in [6.45, 7) is 4.35. The minimum absolute atomic E-state index is 0.0637. The summed E-state index contributed by atoms with van der Waals surface area (Å²) in [4.78, 5) is 42.1. The first-order chi connectivity index (χ1) is 16.9. The number of anilines is 2. The van der Waals surface area contributed by atoms with E-state index in [0.29, 0.717) is 29.3 Å². The van der Waals surface area contributed by atoms with Crippen LogP contribution in [0.1, 0.15) is 24.5 Å². The van der Waals surface area contributed by atoms with Crippen LogP contribution in [0.4, 0.5) is 20.6 Å². The zero-order valence-electron chi connectivity index (χ0n) is 19.5. The van der Waals surface area contributed by atoms with E-state index in [9.17, 15) is 18.8 Å². The highest BCUT2D eigenvalue weighted by atomic mass is 19.1. The molecule has 0 aliphatic carbocycles. The minimum Gasteiger partial charge on any atom is -0.494 e. The van der Waals surface area contributed by atoms with E-state index in [4.69, 9.17) is 4.74 Å². The van der Waals surface area contributed by atoms with Crippen molar-refractivity contribution < 1.29 is 23.5 Å². The fraction of sp³-hybridized carbons (Fsp3) is 0.222. The number of ether oxygens (including phenoxy) is 1. The average molecular weight is 476 g/mol. The molecule has 1 atom stereocenters. The Labute approximate surface area is 203 Å². The molecule has 3 aromatic rings. The third-order valence-corrected chi connectivity index (χ3v) is 5.67. The number of nitrogens with zero attached hydrogens (tertiary/aromatic N) is 2. The Hall–Kier alpha value is -4.20. The molecule has 0 aromatic heterocycles. The monoisotopic (exact) mass is 475 g/mol. The van der Waals surface area contributed by atoms with Gasteiger partial charge in [0.25, 0.3) is 5.91 Å². The number of hydrogen-bond acceptors (Lipinski definition) is 4. The van der Waals surface area contributed by atoms with Crippen molar-refractivity contribution >= 4 is 29.2 Å². The summed E-state index contributed by atoms with van der Waals surface area (Å²) in [6.07, 6.45) is -0.221. The van der Waals surface area contributed by atoms with Crippen LogP contribution in [0.2, 0.25) is 0 Å². The number of halogens is 1. The SMILES string of the molecule is CCOc1ccc(NC(=O)C[C@@H]2C(=O)N(c3cccc(C)c3)C(=O)N2Cc2ccc(F)cc2)cc1. The normalized spacial score (nSPS) is 15.5. The van der Waals surface area contributed by atoms with E-state index in [2.05, 4.69) is 5.32 Å². The highest BCUT2D eigenvalue weighted by Crippen LogP contribution is 2.29. The second kappa shape index (κ2) is 10.4. The second-order valence-corrected chi connectivity index (χ2v) is 8.28. The Morgan fingerprint density at radius 1 is 1.03 bits per heavy atom. The number of carbonyl (C=O) groups excluding carboxylic acids is 3. The van der Waals surface area contributed by atoms with Crippen LogP contribution in [0, 0.1) is 12.7 Å². The number of rotatable bonds is 8. The largest absolute Gasteiger partial charge is 0.494 e. The lowest BCUT2D eigenvalue weighted by molar-refractivity contribution is -0.124. The van der Waals surface area contributed by atoms with E-state index in [-0.39, 0.29) is 13.0 Å². The smallest absolute Gasteiger partial charge is 0.332 e. The lowest BCUT2D eigenvalue weighted by Crippen LogP contribution is -2.37. The summed E-state index contributed by atoms with van der Waals surface area (Å²) >= 11 is 0. The molecule has 180 valence electrons. The van der Waals surface area contributed by atoms with Crippen LogP contribution in [0.15, 0.2) is 72.8 Å². The molecule has 0 unspecified atom stereocenters. The van der Waals surface area contributed by atoms with Gasteiger partial charge < -0.3 is 15.0 Å². The van der Waals surface area contributed by atoms with E-state index in [0.717, 1.165) is 10.5 Å². The number of carbonyl (C=O) groups is 3. The molecule has 0 saturated carbocycles. The number of aryl methyl sites for hydroxylation is 1. The number of urea groups is 1. The predicted molar refractivity (Wildman–Crippen MR) is 131 cm³/mol. The van der Waals surface area contributed by atoms with Crippen molar-refractivity contribution in [1.82, 2.24) is 4.90 Å². The fourth-order valence-corrected chi connectivity index (χ4v) is 3.99. The molecule has 0 spiro atoms. The van der Waals surface area contributed by atoms with Gasteiger partial charge in [-0.2, -0.15) is 0 Å². The van der Waals surface area contributed by atoms with Gasteiger partial charge >= 0.3 is 6.03 Å². The summed E-state index contributed by atoms with van der Waals surface area (Å²) in [6, 6.07) is 18.1. The molecular weight excluding hydrogens is 449 g/mol. The van der Waals surface area contributed by atoms with Crippen molar-refractivity contribution in [3.8, 4) is 5.75 Å². The quantitative estimate of drug-likeness (QED) is 0.470. The number of hydrogen-bond donors (Lipinski definition) is 1. The molecule has 3 aromatic carbocycles. The zero-order chi connectivity index (χ0) is 24.9. The Morgan fingerprint density at radius 3 is 2.40 bits per heavy atom. The van der Waals surface area contributed by atoms with E-state index >= 15 is 0 Å². The van der Waals surface area contributed by atoms with Crippen molar-refractivity contribution in [2.45, 2.75) is 32.9 Å². The zero-order valence-corrected chi connectivity index (χ0v) is 19.5. The predicted octanol–water partition coefficient (Wildman–Crippen LogP) is 4.90. The topological polar surface area (TPSA) is 79.0 Å². The first-order valence-corrected chi connectivity index (χ1v) is 11.3. The van der Waals surface area contributed by atoms with Gasteiger partial charge in [-0.15, -0.1) is 0 Å². The van der Waals surface area contributed by atoms with Crippen molar-refractivity contribution in [2.24, 2.45) is 0 Å². The molecule has 8 heteroatoms. The summed E-state index contributed by atoms with van der Waals surface area (Å²) in [5.74, 6) is -0.605. The summed E-state index contributed by atoms with van der Waals surface area (Å²) in [5, 5.41) is 2.78. The molecule has 0 bridgehead atoms. The van der Waals surface area contributed by atoms with Crippen LogP contribution in [-0.4, -0.2) is 35.4 Å². The van der Waals surface area contributed by atoms with Crippen LogP contribution < -0.4 is 15.0 Å². The molecule has 1 saturated heterocycles. The number of amides is 4. The Morgan fingerprint density at radius 2 is 1.74 bits per heavy atom. The lowest BCUT2D eigenvalue weighted by Gasteiger charge is -2.21. The molecule has 7 nitrogen and oxygen atoms in total. The van der Waals surface area contributed by atoms with Crippen LogP contribution in [0.5, 0.6) is 5.75 Å². The van der Waals surface area contributed by atoms with Crippen LogP contribution >= 0.6 is 0 Å². The van der Waals surface area contributed by atoms with Gasteiger partial charge in [0, 0.05) is 12.2 Å². The van der Waals surface area contributed by atoms with Gasteiger partial charge in [0.15, 0.2) is 0 Å². The maximum atomic E-state index is 13.4. The van der Waals surface area contributed by atoms with Gasteiger partial charge in [-0.1, -0.05) is 24.3 Å². The lowest BCUT2D eigenvalue weighted by atomic mass is 10.1. The third-order valence-electron chi connectivity index (χ3n) is 5.67. The summed E-state index contributed by atoms with van der Waals surface area (Å²) in [7, 11) is 0. The Bertz CT molecular complexity index is 1230. The van der Waals surface area contributed by atoms with E-state index in [1.165, 1.54) is 17.0 Å². The maximum absolute atomic E-state index is 13.4. The Balaban J connectivity index is 1.56. The van der Waals surface area contributed by atoms with Crippen molar-refractivity contribution in [2.75, 3.05) is 16.8 Å². The number of nitrogens with one attached hydrogen (secondary N) is 1. The van der Waals surface area contributed by atoms with Crippen molar-refractivity contribution in [3.63, 3.8) is 0 Å². The van der Waals surface area contributed by atoms with Crippen molar-refractivity contribution in [3.05, 3.63) is 89.7 Å². The third kappa shape index (κ3) is 5.48. The first kappa shape index (κ1) is 23.9. The maximum Gasteiger partial charge on any atom is 0.332 e. The van der Waals surface area contributed by atoms with Crippen LogP contribution in [0.25, 0.3) is 0 Å². The standard InChI is InChI=1S/C27H26FN3O4/c1-3-35-23-13-11-21(12-14-23)29-25(32)16-24-26(33)31(22-6-4-5-18(2)15-22)27(34)30(24)17-19-7-9-20(28)10-8-19/h4-15,24H,3,16-17H2,1-2H3,(H,29,32)/t24-/m1/s1. The van der Waals surface area contributed by atoms with Gasteiger partial charge in [-0.25, -0.2) is 14.1 Å². The van der Waals surface area contributed by atoms with Crippen molar-refractivity contribution in [1.29, 1.82) is 0 Å². The molecule has 0 radical (unpaired) electrons. The van der Waals surface area contributed by atoms with Crippen LogP contribution in [-0.2, 0) is 16.1 Å². The van der Waals surface area contributed by atoms with Gasteiger partial charge in [0.1, 0.15) is 17.6 Å². The molecule has 1 heterocycles. The fourth-order valence-electron chi connectivity index (χ4n) is 3.99. The number of benzene rings is 3. The molecule has 1 fully saturated rings. The number of imide groups is 1. The highest BCUT2D eigenvalue weighted by molar-refractivity contribution is 6.22. The average Bonchev–Trinajstić information content (AvgIpc) is 3.05. The summed E-state index contributed by atoms with van der Waals surface area (Å²) < 4.78 is 18.8. The second-order valence-electron chi connectivity index (χ2n) is 8.28. The summed E-state index contributed by atoms with van der Waals surface area (Å²) in [5.41, 5.74) is 2.54. The highest BCUT2D eigenvalue weighted by Gasteiger charge is 2.46. The minimum atomic E-state index is -1.00. The first-order valence-electron chi connectivity index (χ1n) is 11.3. The molecule has 1 N–H and O–H groups in total. The molecular formula is C27H26FN3O4. The van der Waals surface area contributed by atoms with E-state index in [1.807, 2.05) is 19.9 Å². The molecule has 1 aliphatic rings. The molecule has 4 rings (SSSR count). The molecule has 1 aliphatic heterocycles.